The van der Waals surface area contributed by atoms with Gasteiger partial charge >= 0.3 is 0 Å². The summed E-state index contributed by atoms with van der Waals surface area (Å²) < 4.78 is 0. The van der Waals surface area contributed by atoms with Gasteiger partial charge in [-0.2, -0.15) is 0 Å². The maximum Gasteiger partial charge on any atom is 0.277 e. The third kappa shape index (κ3) is 4.17. The van der Waals surface area contributed by atoms with Crippen LogP contribution in [0.25, 0.3) is 0 Å². The molecule has 7 heteroatoms. The number of hydrogen-bond donors (Lipinski definition) is 1. The van der Waals surface area contributed by atoms with Gasteiger partial charge in [-0.15, -0.1) is 0 Å². The molecule has 0 bridgehead atoms. The molecule has 1 N–H and O–H groups in total. The van der Waals surface area contributed by atoms with Crippen LogP contribution in [-0.4, -0.2) is 73.4 Å². The first-order valence-electron chi connectivity index (χ1n) is 7.55. The predicted molar refractivity (Wildman–Crippen MR) is 72.1 cm³/mol. The number of carboxylic acid groups (broad SMARTS) is 1. The van der Waals surface area contributed by atoms with E-state index in [1.54, 1.807) is 16.7 Å². The summed E-state index contributed by atoms with van der Waals surface area (Å²) in [4.78, 5) is 39.0. The molecule has 0 aromatic rings. The molecule has 21 heavy (non-hydrogen) atoms. The van der Waals surface area contributed by atoms with Crippen molar-refractivity contribution in [2.24, 2.45) is 5.92 Å². The highest BCUT2D eigenvalue weighted by Gasteiger charge is 2.28. The molecular formula is C14H23N3O4. The van der Waals surface area contributed by atoms with Crippen LogP contribution in [-0.2, 0) is 14.4 Å². The average Bonchev–Trinajstić information content (AvgIpc) is 2.47. The molecule has 2 fully saturated rings. The van der Waals surface area contributed by atoms with Crippen LogP contribution in [0.4, 0.5) is 0 Å². The number of piperidine rings is 1. The van der Waals surface area contributed by atoms with E-state index in [-0.39, 0.29) is 17.7 Å². The van der Waals surface area contributed by atoms with Crippen LogP contribution in [0.15, 0.2) is 0 Å². The first-order chi connectivity index (χ1) is 9.97. The minimum absolute atomic E-state index is 0.0528. The lowest BCUT2D eigenvalue weighted by molar-refractivity contribution is -0.898. The smallest absolute Gasteiger partial charge is 0.277 e. The first kappa shape index (κ1) is 15.8. The normalized spacial score (nSPS) is 26.5. The maximum absolute atomic E-state index is 12.2. The lowest BCUT2D eigenvalue weighted by Gasteiger charge is -2.35. The summed E-state index contributed by atoms with van der Waals surface area (Å²) >= 11 is 0. The van der Waals surface area contributed by atoms with Gasteiger partial charge in [0.05, 0.1) is 13.1 Å². The predicted octanol–water partition coefficient (Wildman–Crippen LogP) is -3.28. The quantitative estimate of drug-likeness (QED) is 0.592. The SMILES string of the molecule is CC(=O)N1CCN(C(=O)C[NH+]2CCC(C(=O)[O-])CC2)CC1. The highest BCUT2D eigenvalue weighted by atomic mass is 16.4. The molecule has 0 radical (unpaired) electrons. The van der Waals surface area contributed by atoms with E-state index >= 15 is 0 Å². The number of carboxylic acids is 1. The van der Waals surface area contributed by atoms with E-state index in [0.29, 0.717) is 58.7 Å². The molecule has 118 valence electrons. The van der Waals surface area contributed by atoms with Gasteiger partial charge in [0, 0.05) is 57.8 Å². The van der Waals surface area contributed by atoms with Crippen molar-refractivity contribution in [2.45, 2.75) is 19.8 Å². The van der Waals surface area contributed by atoms with E-state index in [1.165, 1.54) is 0 Å². The van der Waals surface area contributed by atoms with Crippen LogP contribution in [0.3, 0.4) is 0 Å². The molecule has 0 spiro atoms. The fourth-order valence-electron chi connectivity index (χ4n) is 3.03. The van der Waals surface area contributed by atoms with E-state index in [2.05, 4.69) is 0 Å². The Morgan fingerprint density at radius 1 is 1.05 bits per heavy atom. The second-order valence-electron chi connectivity index (χ2n) is 5.91. The number of quaternary nitrogens is 1. The number of piperazine rings is 1. The Hall–Kier alpha value is -1.63. The van der Waals surface area contributed by atoms with Crippen molar-refractivity contribution in [1.82, 2.24) is 9.80 Å². The van der Waals surface area contributed by atoms with Gasteiger partial charge in [-0.25, -0.2) is 0 Å². The third-order valence-corrected chi connectivity index (χ3v) is 4.50. The summed E-state index contributed by atoms with van der Waals surface area (Å²) in [6.07, 6.45) is 1.17. The van der Waals surface area contributed by atoms with E-state index in [4.69, 9.17) is 0 Å². The van der Waals surface area contributed by atoms with Gasteiger partial charge in [-0.3, -0.25) is 9.59 Å². The molecular weight excluding hydrogens is 274 g/mol. The summed E-state index contributed by atoms with van der Waals surface area (Å²) in [5.41, 5.74) is 0. The number of nitrogens with one attached hydrogen (secondary N) is 1. The third-order valence-electron chi connectivity index (χ3n) is 4.50. The Morgan fingerprint density at radius 3 is 2.05 bits per heavy atom. The lowest BCUT2D eigenvalue weighted by atomic mass is 9.97. The number of hydrogen-bond acceptors (Lipinski definition) is 4. The van der Waals surface area contributed by atoms with Crippen molar-refractivity contribution >= 4 is 17.8 Å². The fraction of sp³-hybridized carbons (Fsp3) is 0.786. The Morgan fingerprint density at radius 2 is 1.57 bits per heavy atom. The number of carbonyl (C=O) groups excluding carboxylic acids is 3. The lowest BCUT2D eigenvalue weighted by Crippen LogP contribution is -3.14. The molecule has 0 aliphatic carbocycles. The van der Waals surface area contributed by atoms with Crippen molar-refractivity contribution in [2.75, 3.05) is 45.8 Å². The van der Waals surface area contributed by atoms with Crippen LogP contribution >= 0.6 is 0 Å². The van der Waals surface area contributed by atoms with Gasteiger partial charge in [-0.1, -0.05) is 0 Å². The molecule has 2 amide bonds. The molecule has 2 rings (SSSR count). The molecule has 0 atom stereocenters. The van der Waals surface area contributed by atoms with Crippen LogP contribution in [0, 0.1) is 5.92 Å². The topological polar surface area (TPSA) is 85.2 Å². The molecule has 2 aliphatic rings. The number of likely N-dealkylation sites (tertiary alicyclic amines) is 1. The number of amides is 2. The monoisotopic (exact) mass is 297 g/mol. The second kappa shape index (κ2) is 6.89. The second-order valence-corrected chi connectivity index (χ2v) is 5.91. The summed E-state index contributed by atoms with van der Waals surface area (Å²) in [6, 6.07) is 0. The zero-order valence-corrected chi connectivity index (χ0v) is 12.5. The molecule has 2 aliphatic heterocycles. The van der Waals surface area contributed by atoms with Gasteiger partial charge in [0.25, 0.3) is 5.91 Å². The van der Waals surface area contributed by atoms with Crippen molar-refractivity contribution in [3.05, 3.63) is 0 Å². The Balaban J connectivity index is 1.73. The largest absolute Gasteiger partial charge is 0.550 e. The highest BCUT2D eigenvalue weighted by molar-refractivity contribution is 5.78. The van der Waals surface area contributed by atoms with E-state index < -0.39 is 5.97 Å². The molecule has 0 saturated carbocycles. The van der Waals surface area contributed by atoms with Gasteiger partial charge in [0.15, 0.2) is 6.54 Å². The molecule has 2 saturated heterocycles. The minimum atomic E-state index is -0.972. The summed E-state index contributed by atoms with van der Waals surface area (Å²) in [6.45, 7) is 5.76. The van der Waals surface area contributed by atoms with Crippen LogP contribution in [0.1, 0.15) is 19.8 Å². The van der Waals surface area contributed by atoms with E-state index in [9.17, 15) is 19.5 Å². The van der Waals surface area contributed by atoms with Crippen LogP contribution in [0.5, 0.6) is 0 Å². The van der Waals surface area contributed by atoms with Crippen LogP contribution < -0.4 is 10.0 Å². The summed E-state index contributed by atoms with van der Waals surface area (Å²) in [7, 11) is 0. The Bertz CT molecular complexity index is 410. The number of nitrogens with zero attached hydrogens (tertiary/aromatic N) is 2. The maximum atomic E-state index is 12.2. The van der Waals surface area contributed by atoms with Gasteiger partial charge in [0.1, 0.15) is 0 Å². The standard InChI is InChI=1S/C14H23N3O4/c1-11(18)16-6-8-17(9-7-16)13(19)10-15-4-2-12(3-5-15)14(20)21/h12H,2-10H2,1H3,(H,20,21). The highest BCUT2D eigenvalue weighted by Crippen LogP contribution is 2.08. The molecule has 2 heterocycles. The minimum Gasteiger partial charge on any atom is -0.550 e. The summed E-state index contributed by atoms with van der Waals surface area (Å²) in [5, 5.41) is 10.8. The first-order valence-corrected chi connectivity index (χ1v) is 7.55. The molecule has 0 unspecified atom stereocenters. The fourth-order valence-corrected chi connectivity index (χ4v) is 3.03. The molecule has 0 aromatic carbocycles. The van der Waals surface area contributed by atoms with E-state index in [1.807, 2.05) is 0 Å². The van der Waals surface area contributed by atoms with Gasteiger partial charge < -0.3 is 24.6 Å². The zero-order valence-electron chi connectivity index (χ0n) is 12.5. The van der Waals surface area contributed by atoms with Crippen molar-refractivity contribution in [1.29, 1.82) is 0 Å². The Labute approximate surface area is 124 Å². The van der Waals surface area contributed by atoms with Crippen molar-refractivity contribution < 1.29 is 24.4 Å². The number of carbonyl (C=O) groups is 3. The van der Waals surface area contributed by atoms with Crippen molar-refractivity contribution in [3.63, 3.8) is 0 Å². The Kier molecular flexibility index (Phi) is 5.17. The van der Waals surface area contributed by atoms with Gasteiger partial charge in [-0.05, 0) is 0 Å². The van der Waals surface area contributed by atoms with Gasteiger partial charge in [0.2, 0.25) is 5.91 Å². The van der Waals surface area contributed by atoms with Crippen molar-refractivity contribution in [3.8, 4) is 0 Å². The van der Waals surface area contributed by atoms with E-state index in [0.717, 1.165) is 4.90 Å². The average molecular weight is 297 g/mol. The summed E-state index contributed by atoms with van der Waals surface area (Å²) in [5.74, 6) is -1.18. The van der Waals surface area contributed by atoms with Crippen LogP contribution in [0.2, 0.25) is 0 Å². The number of rotatable bonds is 3. The zero-order chi connectivity index (χ0) is 15.4. The number of aliphatic carboxylic acids is 1. The molecule has 7 nitrogen and oxygen atoms in total. The molecule has 0 aromatic heterocycles.